The Morgan fingerprint density at radius 3 is 1.52 bits per heavy atom. The molecule has 0 bridgehead atoms. The van der Waals surface area contributed by atoms with Crippen molar-refractivity contribution in [2.75, 3.05) is 0 Å². The predicted octanol–water partition coefficient (Wildman–Crippen LogP) is 6.43. The van der Waals surface area contributed by atoms with Crippen LogP contribution in [0.25, 0.3) is 11.4 Å². The first-order valence-corrected chi connectivity index (χ1v) is 9.57. The smallest absolute Gasteiger partial charge is 0.0494 e. The summed E-state index contributed by atoms with van der Waals surface area (Å²) in [5, 5.41) is 7.88. The zero-order chi connectivity index (χ0) is 20.9. The van der Waals surface area contributed by atoms with Gasteiger partial charge in [0.2, 0.25) is 0 Å². The van der Waals surface area contributed by atoms with Gasteiger partial charge in [0.1, 0.15) is 0 Å². The van der Waals surface area contributed by atoms with E-state index in [1.807, 2.05) is 120 Å². The van der Waals surface area contributed by atoms with Gasteiger partial charge < -0.3 is 10.2 Å². The van der Waals surface area contributed by atoms with E-state index in [4.69, 9.17) is 0 Å². The molecular weight excluding hydrogens is 533 g/mol. The van der Waals surface area contributed by atoms with Gasteiger partial charge in [-0.2, -0.15) is 72.8 Å². The average molecular weight is 563 g/mol. The third-order valence-electron chi connectivity index (χ3n) is 2.80. The van der Waals surface area contributed by atoms with Crippen LogP contribution in [0.15, 0.2) is 91.1 Å². The van der Waals surface area contributed by atoms with Gasteiger partial charge in [0.15, 0.2) is 0 Å². The van der Waals surface area contributed by atoms with Crippen molar-refractivity contribution in [3.8, 4) is 11.4 Å². The molecule has 0 saturated carbocycles. The summed E-state index contributed by atoms with van der Waals surface area (Å²) in [5.41, 5.74) is 2.64. The van der Waals surface area contributed by atoms with Crippen LogP contribution in [0.1, 0.15) is 33.4 Å². The minimum Gasteiger partial charge on any atom is -0.574 e. The number of hydrogen-bond donors (Lipinski definition) is 0. The van der Waals surface area contributed by atoms with E-state index in [1.165, 1.54) is 0 Å². The average Bonchev–Trinajstić information content (AvgIpc) is 3.27. The first-order chi connectivity index (χ1) is 13.9. The summed E-state index contributed by atoms with van der Waals surface area (Å²) in [5.74, 6) is 0. The Balaban J connectivity index is 0. The molecule has 0 atom stereocenters. The number of aromatic nitrogens is 3. The summed E-state index contributed by atoms with van der Waals surface area (Å²) < 4.78 is 0. The van der Waals surface area contributed by atoms with E-state index in [2.05, 4.69) is 27.3 Å². The van der Waals surface area contributed by atoms with Gasteiger partial charge in [0, 0.05) is 37.4 Å². The summed E-state index contributed by atoms with van der Waals surface area (Å²) >= 11 is 0. The maximum atomic E-state index is 4.16. The Kier molecular flexibility index (Phi) is 21.5. The molecule has 4 heteroatoms. The zero-order valence-corrected chi connectivity index (χ0v) is 20.4. The van der Waals surface area contributed by atoms with Gasteiger partial charge in [-0.15, -0.1) is 0 Å². The maximum Gasteiger partial charge on any atom is 0.0494 e. The van der Waals surface area contributed by atoms with E-state index in [9.17, 15) is 0 Å². The third-order valence-corrected chi connectivity index (χ3v) is 2.80. The number of nitrogens with zero attached hydrogens (tertiary/aromatic N) is 3. The fourth-order valence-electron chi connectivity index (χ4n) is 1.71. The minimum atomic E-state index is 0. The Labute approximate surface area is 189 Å². The number of pyridine rings is 1. The summed E-state index contributed by atoms with van der Waals surface area (Å²) in [7, 11) is 0. The molecule has 0 aliphatic carbocycles. The number of aryl methyl sites for hydroxylation is 1. The van der Waals surface area contributed by atoms with Crippen molar-refractivity contribution in [3.63, 3.8) is 0 Å². The molecule has 2 heterocycles. The van der Waals surface area contributed by atoms with E-state index in [-0.39, 0.29) is 19.8 Å². The molecule has 2 aromatic carbocycles. The molecule has 0 radical (unpaired) electrons. The first-order valence-electron chi connectivity index (χ1n) is 9.57. The minimum absolute atomic E-state index is 0. The van der Waals surface area contributed by atoms with Gasteiger partial charge in [-0.05, 0) is 19.1 Å². The Morgan fingerprint density at radius 1 is 0.724 bits per heavy atom. The molecule has 2 aromatic heterocycles. The van der Waals surface area contributed by atoms with Crippen LogP contribution in [-0.4, -0.2) is 10.1 Å². The van der Waals surface area contributed by atoms with Crippen LogP contribution in [0.4, 0.5) is 0 Å². The van der Waals surface area contributed by atoms with Gasteiger partial charge in [-0.25, -0.2) is 0 Å². The summed E-state index contributed by atoms with van der Waals surface area (Å²) in [4.78, 5) is 4.16. The summed E-state index contributed by atoms with van der Waals surface area (Å²) in [6.45, 7) is 9.92. The fraction of sp³-hybridized carbons (Fsp3) is 0.200. The molecular formula is C25H30N3Os-3. The molecule has 3 nitrogen and oxygen atoms in total. The van der Waals surface area contributed by atoms with Crippen molar-refractivity contribution >= 4 is 0 Å². The van der Waals surface area contributed by atoms with Crippen molar-refractivity contribution in [1.29, 1.82) is 0 Å². The molecule has 156 valence electrons. The quantitative estimate of drug-likeness (QED) is 0.251. The number of hydrogen-bond acceptors (Lipinski definition) is 2. The SMILES string of the molecule is CC.CC.Cc1cc(-c2ccccn2)[n-]n1.[Os].[c-]1ccccc1.[c-]1ccccc1. The zero-order valence-electron chi connectivity index (χ0n) is 17.9. The van der Waals surface area contributed by atoms with E-state index in [0.29, 0.717) is 0 Å². The van der Waals surface area contributed by atoms with Gasteiger partial charge >= 0.3 is 0 Å². The monoisotopic (exact) mass is 564 g/mol. The molecule has 0 aliphatic rings. The van der Waals surface area contributed by atoms with Crippen LogP contribution in [0.2, 0.25) is 0 Å². The molecule has 0 saturated heterocycles. The third kappa shape index (κ3) is 15.1. The largest absolute Gasteiger partial charge is 0.574 e. The van der Waals surface area contributed by atoms with E-state index >= 15 is 0 Å². The van der Waals surface area contributed by atoms with Crippen molar-refractivity contribution in [2.45, 2.75) is 34.6 Å². The molecule has 4 rings (SSSR count). The molecule has 0 fully saturated rings. The molecule has 4 aromatic rings. The first kappa shape index (κ1) is 28.6. The second-order valence-corrected chi connectivity index (χ2v) is 4.74. The topological polar surface area (TPSA) is 39.9 Å². The van der Waals surface area contributed by atoms with Crippen molar-refractivity contribution in [1.82, 2.24) is 15.2 Å². The van der Waals surface area contributed by atoms with Gasteiger partial charge in [-0.1, -0.05) is 45.5 Å². The van der Waals surface area contributed by atoms with Crippen LogP contribution in [-0.2, 0) is 19.8 Å². The molecule has 29 heavy (non-hydrogen) atoms. The van der Waals surface area contributed by atoms with Crippen LogP contribution >= 0.6 is 0 Å². The molecule has 0 aliphatic heterocycles. The van der Waals surface area contributed by atoms with Crippen molar-refractivity contribution in [3.05, 3.63) is 109 Å². The van der Waals surface area contributed by atoms with E-state index < -0.39 is 0 Å². The van der Waals surface area contributed by atoms with Crippen LogP contribution in [0.3, 0.4) is 0 Å². The van der Waals surface area contributed by atoms with Gasteiger partial charge in [0.25, 0.3) is 0 Å². The molecule has 0 amide bonds. The predicted molar refractivity (Wildman–Crippen MR) is 119 cm³/mol. The molecule has 0 unspecified atom stereocenters. The number of rotatable bonds is 1. The van der Waals surface area contributed by atoms with Crippen molar-refractivity contribution < 1.29 is 19.8 Å². The van der Waals surface area contributed by atoms with E-state index in [0.717, 1.165) is 17.1 Å². The Bertz CT molecular complexity index is 688. The van der Waals surface area contributed by atoms with Crippen LogP contribution < -0.4 is 5.10 Å². The second kappa shape index (κ2) is 21.7. The van der Waals surface area contributed by atoms with Gasteiger partial charge in [-0.3, -0.25) is 4.98 Å². The normalized spacial score (nSPS) is 7.90. The summed E-state index contributed by atoms with van der Waals surface area (Å²) in [6.07, 6.45) is 1.75. The Hall–Kier alpha value is -2.56. The second-order valence-electron chi connectivity index (χ2n) is 4.74. The summed E-state index contributed by atoms with van der Waals surface area (Å²) in [6, 6.07) is 32.7. The van der Waals surface area contributed by atoms with Crippen molar-refractivity contribution in [2.24, 2.45) is 0 Å². The van der Waals surface area contributed by atoms with Crippen LogP contribution in [0.5, 0.6) is 0 Å². The Morgan fingerprint density at radius 2 is 1.24 bits per heavy atom. The molecule has 0 spiro atoms. The van der Waals surface area contributed by atoms with E-state index in [1.54, 1.807) is 6.20 Å². The standard InChI is InChI=1S/C9H8N3.2C6H5.2C2H6.Os/c1-7-6-9(12-11-7)8-4-2-3-5-10-8;2*1-2-4-6-5-3-1;2*1-2;/h2-6H,1H3;2*1-5H;2*1-2H3;/q3*-1;;;. The maximum absolute atomic E-state index is 4.16. The van der Waals surface area contributed by atoms with Gasteiger partial charge in [0.05, 0.1) is 0 Å². The number of benzene rings is 2. The fourth-order valence-corrected chi connectivity index (χ4v) is 1.71. The molecule has 0 N–H and O–H groups in total. The van der Waals surface area contributed by atoms with Crippen LogP contribution in [0, 0.1) is 19.1 Å².